The third kappa shape index (κ3) is 5.96. The molecule has 3 rings (SSSR count). The summed E-state index contributed by atoms with van der Waals surface area (Å²) in [5, 5.41) is 0. The number of anilines is 1. The number of hydrogen-bond donors (Lipinski definition) is 1. The quantitative estimate of drug-likeness (QED) is 0.402. The van der Waals surface area contributed by atoms with Crippen LogP contribution in [0.5, 0.6) is 11.5 Å². The molecule has 0 atom stereocenters. The lowest BCUT2D eigenvalue weighted by molar-refractivity contribution is -0.697. The number of pyridine rings is 1. The normalized spacial score (nSPS) is 11.8. The van der Waals surface area contributed by atoms with E-state index >= 15 is 0 Å². The number of hydrogen-bond acceptors (Lipinski definition) is 7. The molecule has 0 aliphatic heterocycles. The minimum Gasteiger partial charge on any atom is -0.487 e. The third-order valence-electron chi connectivity index (χ3n) is 4.28. The molecule has 0 fully saturated rings. The highest BCUT2D eigenvalue weighted by Crippen LogP contribution is 2.28. The summed E-state index contributed by atoms with van der Waals surface area (Å²) in [4.78, 5) is -0.735. The Bertz CT molecular complexity index is 1290. The van der Waals surface area contributed by atoms with Crippen LogP contribution in [0, 0.1) is 6.92 Å². The van der Waals surface area contributed by atoms with Crippen molar-refractivity contribution in [3.05, 3.63) is 72.6 Å². The predicted octanol–water partition coefficient (Wildman–Crippen LogP) is 2.11. The molecule has 164 valence electrons. The van der Waals surface area contributed by atoms with Crippen molar-refractivity contribution in [1.82, 2.24) is 0 Å². The standard InChI is InChI=1S/C21H22N2O6S2/c1-16-13-18(28-12-11-23-9-7-17(22)8-10-23)15-19(14-16)29-31(26,27)21-6-4-3-5-20(21)30(2,24)25/h3-10,13-15,22H,11-12H2,1-2H3/p+1. The number of nitrogens with zero attached hydrogens (tertiary/aromatic N) is 1. The number of benzene rings is 2. The monoisotopic (exact) mass is 463 g/mol. The molecule has 2 N–H and O–H groups in total. The lowest BCUT2D eigenvalue weighted by Crippen LogP contribution is -2.35. The molecular weight excluding hydrogens is 440 g/mol. The van der Waals surface area contributed by atoms with Crippen LogP contribution in [0.15, 0.2) is 76.8 Å². The van der Waals surface area contributed by atoms with Crippen molar-refractivity contribution in [3.8, 4) is 11.5 Å². The smallest absolute Gasteiger partial charge is 0.340 e. The summed E-state index contributed by atoms with van der Waals surface area (Å²) in [6.45, 7) is 2.66. The number of nitrogen functional groups attached to an aromatic ring is 1. The van der Waals surface area contributed by atoms with Gasteiger partial charge in [-0.3, -0.25) is 0 Å². The minimum atomic E-state index is -4.38. The molecule has 0 bridgehead atoms. The van der Waals surface area contributed by atoms with Crippen molar-refractivity contribution in [1.29, 1.82) is 0 Å². The van der Waals surface area contributed by atoms with Gasteiger partial charge in [0.25, 0.3) is 0 Å². The van der Waals surface area contributed by atoms with Crippen molar-refractivity contribution < 1.29 is 30.3 Å². The summed E-state index contributed by atoms with van der Waals surface area (Å²) in [6, 6.07) is 13.6. The topological polar surface area (TPSA) is 117 Å². The van der Waals surface area contributed by atoms with E-state index in [1.807, 2.05) is 17.0 Å². The van der Waals surface area contributed by atoms with Gasteiger partial charge in [0.2, 0.25) is 0 Å². The van der Waals surface area contributed by atoms with Crippen molar-refractivity contribution in [2.24, 2.45) is 0 Å². The SMILES string of the molecule is Cc1cc(OCC[n+]2ccc(N)cc2)cc(OS(=O)(=O)c2ccccc2S(C)(=O)=O)c1. The number of aromatic nitrogens is 1. The van der Waals surface area contributed by atoms with Crippen molar-refractivity contribution in [2.45, 2.75) is 23.3 Å². The molecule has 10 heteroatoms. The van der Waals surface area contributed by atoms with Gasteiger partial charge in [0.1, 0.15) is 23.0 Å². The van der Waals surface area contributed by atoms with Gasteiger partial charge in [-0.2, -0.15) is 8.42 Å². The highest BCUT2D eigenvalue weighted by Gasteiger charge is 2.25. The molecule has 0 saturated carbocycles. The lowest BCUT2D eigenvalue weighted by atomic mass is 10.2. The highest BCUT2D eigenvalue weighted by molar-refractivity contribution is 7.92. The molecule has 3 aromatic rings. The molecule has 0 aliphatic rings. The average molecular weight is 464 g/mol. The Balaban J connectivity index is 1.78. The highest BCUT2D eigenvalue weighted by atomic mass is 32.2. The van der Waals surface area contributed by atoms with E-state index in [-0.39, 0.29) is 10.6 Å². The average Bonchev–Trinajstić information content (AvgIpc) is 2.68. The summed E-state index contributed by atoms with van der Waals surface area (Å²) in [5.41, 5.74) is 7.05. The van der Waals surface area contributed by atoms with Crippen LogP contribution in [0.2, 0.25) is 0 Å². The first-order valence-electron chi connectivity index (χ1n) is 9.27. The van der Waals surface area contributed by atoms with Gasteiger partial charge < -0.3 is 14.7 Å². The third-order valence-corrected chi connectivity index (χ3v) is 6.87. The van der Waals surface area contributed by atoms with Crippen LogP contribution in [0.3, 0.4) is 0 Å². The summed E-state index contributed by atoms with van der Waals surface area (Å²) in [6.07, 6.45) is 4.60. The maximum Gasteiger partial charge on any atom is 0.340 e. The molecule has 0 aliphatic carbocycles. The predicted molar refractivity (Wildman–Crippen MR) is 115 cm³/mol. The Hall–Kier alpha value is -3.11. The zero-order valence-electron chi connectivity index (χ0n) is 17.1. The van der Waals surface area contributed by atoms with Crippen LogP contribution < -0.4 is 19.2 Å². The Labute approximate surface area is 181 Å². The van der Waals surface area contributed by atoms with Crippen molar-refractivity contribution in [2.75, 3.05) is 18.6 Å². The summed E-state index contributed by atoms with van der Waals surface area (Å²) in [5.74, 6) is 0.455. The lowest BCUT2D eigenvalue weighted by Gasteiger charge is -2.12. The van der Waals surface area contributed by atoms with E-state index in [4.69, 9.17) is 14.7 Å². The summed E-state index contributed by atoms with van der Waals surface area (Å²) in [7, 11) is -8.14. The number of rotatable bonds is 8. The summed E-state index contributed by atoms with van der Waals surface area (Å²) >= 11 is 0. The second-order valence-corrected chi connectivity index (χ2v) is 10.5. The van der Waals surface area contributed by atoms with E-state index in [9.17, 15) is 16.8 Å². The van der Waals surface area contributed by atoms with Crippen LogP contribution in [0.4, 0.5) is 5.69 Å². The van der Waals surface area contributed by atoms with E-state index in [1.165, 1.54) is 36.4 Å². The van der Waals surface area contributed by atoms with Crippen molar-refractivity contribution >= 4 is 25.6 Å². The molecule has 0 radical (unpaired) electrons. The Kier molecular flexibility index (Phi) is 6.51. The molecule has 1 aromatic heterocycles. The van der Waals surface area contributed by atoms with Gasteiger partial charge in [0, 0.05) is 30.1 Å². The van der Waals surface area contributed by atoms with Gasteiger partial charge in [-0.25, -0.2) is 13.0 Å². The van der Waals surface area contributed by atoms with Gasteiger partial charge in [0.05, 0.1) is 4.90 Å². The van der Waals surface area contributed by atoms with Crippen LogP contribution in [-0.4, -0.2) is 29.7 Å². The van der Waals surface area contributed by atoms with Crippen LogP contribution in [-0.2, 0) is 26.5 Å². The van der Waals surface area contributed by atoms with E-state index in [0.29, 0.717) is 24.6 Å². The molecule has 2 aromatic carbocycles. The molecule has 0 unspecified atom stereocenters. The Morgan fingerprint density at radius 1 is 0.903 bits per heavy atom. The van der Waals surface area contributed by atoms with Crippen LogP contribution >= 0.6 is 0 Å². The molecule has 0 spiro atoms. The van der Waals surface area contributed by atoms with E-state index in [2.05, 4.69) is 0 Å². The van der Waals surface area contributed by atoms with Gasteiger partial charge in [-0.05, 0) is 36.8 Å². The molecular formula is C21H23N2O6S2+. The van der Waals surface area contributed by atoms with E-state index < -0.39 is 24.9 Å². The zero-order valence-corrected chi connectivity index (χ0v) is 18.7. The van der Waals surface area contributed by atoms with Crippen LogP contribution in [0.1, 0.15) is 5.56 Å². The Morgan fingerprint density at radius 2 is 1.52 bits per heavy atom. The second kappa shape index (κ2) is 8.94. The Morgan fingerprint density at radius 3 is 2.16 bits per heavy atom. The van der Waals surface area contributed by atoms with Gasteiger partial charge >= 0.3 is 10.1 Å². The second-order valence-electron chi connectivity index (χ2n) is 6.96. The number of nitrogens with two attached hydrogens (primary N) is 1. The fourth-order valence-corrected chi connectivity index (χ4v) is 5.39. The first-order chi connectivity index (χ1) is 14.5. The first-order valence-corrected chi connectivity index (χ1v) is 12.6. The molecule has 0 amide bonds. The molecule has 31 heavy (non-hydrogen) atoms. The maximum absolute atomic E-state index is 12.8. The number of ether oxygens (including phenoxy) is 1. The fraction of sp³-hybridized carbons (Fsp3) is 0.190. The van der Waals surface area contributed by atoms with E-state index in [1.54, 1.807) is 25.1 Å². The van der Waals surface area contributed by atoms with Crippen LogP contribution in [0.25, 0.3) is 0 Å². The fourth-order valence-electron chi connectivity index (χ4n) is 2.87. The largest absolute Gasteiger partial charge is 0.487 e. The molecule has 1 heterocycles. The first kappa shape index (κ1) is 22.6. The van der Waals surface area contributed by atoms with Gasteiger partial charge in [-0.1, -0.05) is 12.1 Å². The number of sulfone groups is 1. The van der Waals surface area contributed by atoms with Gasteiger partial charge in [-0.15, -0.1) is 0 Å². The van der Waals surface area contributed by atoms with Gasteiger partial charge in [0.15, 0.2) is 28.8 Å². The van der Waals surface area contributed by atoms with E-state index in [0.717, 1.165) is 11.8 Å². The molecule has 8 nitrogen and oxygen atoms in total. The van der Waals surface area contributed by atoms with Crippen molar-refractivity contribution in [3.63, 3.8) is 0 Å². The number of aryl methyl sites for hydroxylation is 1. The summed E-state index contributed by atoms with van der Waals surface area (Å²) < 4.78 is 62.4. The maximum atomic E-state index is 12.8. The molecule has 0 saturated heterocycles. The zero-order chi connectivity index (χ0) is 22.6. The minimum absolute atomic E-state index is 0.0263.